The molecule has 0 unspecified atom stereocenters. The number of halogens is 1. The lowest BCUT2D eigenvalue weighted by Gasteiger charge is -2.31. The molecule has 1 aliphatic heterocycles. The number of ether oxygens (including phenoxy) is 2. The second kappa shape index (κ2) is 12.6. The second-order valence-corrected chi connectivity index (χ2v) is 9.36. The van der Waals surface area contributed by atoms with Crippen molar-refractivity contribution in [3.63, 3.8) is 0 Å². The van der Waals surface area contributed by atoms with Gasteiger partial charge in [0.05, 0.1) is 6.61 Å². The molecule has 3 aromatic rings. The lowest BCUT2D eigenvalue weighted by molar-refractivity contribution is -0.129. The minimum absolute atomic E-state index is 0.0543. The highest BCUT2D eigenvalue weighted by Gasteiger charge is 2.54. The number of aliphatic hydroxyl groups excluding tert-OH is 1. The van der Waals surface area contributed by atoms with Gasteiger partial charge in [0.25, 0.3) is 5.91 Å². The molecule has 10 nitrogen and oxygen atoms in total. The molecule has 0 saturated heterocycles. The van der Waals surface area contributed by atoms with Crippen LogP contribution in [0.1, 0.15) is 29.2 Å². The van der Waals surface area contributed by atoms with Crippen molar-refractivity contribution in [1.29, 1.82) is 0 Å². The van der Waals surface area contributed by atoms with E-state index in [0.29, 0.717) is 41.5 Å². The second-order valence-electron chi connectivity index (χ2n) is 8.51. The number of nitrogens with zero attached hydrogens (tertiary/aromatic N) is 4. The molecule has 0 radical (unpaired) electrons. The third kappa shape index (κ3) is 5.81. The average Bonchev–Trinajstić information content (AvgIpc) is 3.31. The molecule has 38 heavy (non-hydrogen) atoms. The number of hydrazine groups is 1. The van der Waals surface area contributed by atoms with Gasteiger partial charge in [0.1, 0.15) is 5.75 Å². The molecule has 196 valence electrons. The van der Waals surface area contributed by atoms with Crippen LogP contribution in [0, 0.1) is 0 Å². The molecular weight excluding hydrogens is 552 g/mol. The van der Waals surface area contributed by atoms with Gasteiger partial charge < -0.3 is 14.6 Å². The van der Waals surface area contributed by atoms with Crippen LogP contribution in [-0.4, -0.2) is 42.7 Å². The molecule has 3 aromatic carbocycles. The predicted octanol–water partition coefficient (Wildman–Crippen LogP) is 4.90. The number of nitrogens with one attached hydrogen (secondary N) is 2. The number of rotatable bonds is 11. The average molecular weight is 579 g/mol. The van der Waals surface area contributed by atoms with Gasteiger partial charge in [-0.2, -0.15) is 0 Å². The highest BCUT2D eigenvalue weighted by molar-refractivity contribution is 9.10. The van der Waals surface area contributed by atoms with Crippen molar-refractivity contribution >= 4 is 33.4 Å². The van der Waals surface area contributed by atoms with E-state index >= 15 is 0 Å². The summed E-state index contributed by atoms with van der Waals surface area (Å²) in [6, 6.07) is 21.8. The number of aliphatic imine (C=N–C) groups is 1. The maximum Gasteiger partial charge on any atom is 0.266 e. The molecular formula is C27H27BrN6O4. The fourth-order valence-electron chi connectivity index (χ4n) is 4.27. The summed E-state index contributed by atoms with van der Waals surface area (Å²) in [5.41, 5.74) is 15.5. The van der Waals surface area contributed by atoms with E-state index in [2.05, 4.69) is 36.8 Å². The van der Waals surface area contributed by atoms with Crippen LogP contribution in [0.2, 0.25) is 0 Å². The summed E-state index contributed by atoms with van der Waals surface area (Å²) in [4.78, 5) is 21.7. The van der Waals surface area contributed by atoms with Gasteiger partial charge in [-0.3, -0.25) is 10.2 Å². The Morgan fingerprint density at radius 1 is 1.18 bits per heavy atom. The van der Waals surface area contributed by atoms with Crippen LogP contribution in [0.3, 0.4) is 0 Å². The van der Waals surface area contributed by atoms with Gasteiger partial charge in [0.15, 0.2) is 11.6 Å². The van der Waals surface area contributed by atoms with E-state index in [9.17, 15) is 4.79 Å². The third-order valence-corrected chi connectivity index (χ3v) is 6.78. The lowest BCUT2D eigenvalue weighted by Crippen LogP contribution is -2.53. The summed E-state index contributed by atoms with van der Waals surface area (Å²) in [6.45, 7) is 0.452. The lowest BCUT2D eigenvalue weighted by atomic mass is 9.81. The van der Waals surface area contributed by atoms with E-state index in [-0.39, 0.29) is 13.0 Å². The maximum atomic E-state index is 13.8. The van der Waals surface area contributed by atoms with Crippen LogP contribution < -0.4 is 15.6 Å². The zero-order valence-corrected chi connectivity index (χ0v) is 22.3. The smallest absolute Gasteiger partial charge is 0.266 e. The molecule has 0 bridgehead atoms. The van der Waals surface area contributed by atoms with E-state index in [1.807, 2.05) is 48.5 Å². The minimum Gasteiger partial charge on any atom is -0.494 e. The summed E-state index contributed by atoms with van der Waals surface area (Å²) in [5.74, 6) is 0.529. The van der Waals surface area contributed by atoms with Crippen molar-refractivity contribution in [2.24, 2.45) is 10.1 Å². The van der Waals surface area contributed by atoms with Gasteiger partial charge in [-0.15, -0.1) is 0 Å². The zero-order chi connectivity index (χ0) is 27.0. The Kier molecular flexibility index (Phi) is 8.98. The van der Waals surface area contributed by atoms with Gasteiger partial charge in [-0.1, -0.05) is 63.5 Å². The monoisotopic (exact) mass is 578 g/mol. The van der Waals surface area contributed by atoms with E-state index in [4.69, 9.17) is 25.1 Å². The number of hydrogen-bond donors (Lipinski definition) is 3. The van der Waals surface area contributed by atoms with Crippen molar-refractivity contribution in [3.8, 4) is 5.75 Å². The molecule has 0 aromatic heterocycles. The maximum absolute atomic E-state index is 13.8. The molecule has 1 heterocycles. The fraction of sp³-hybridized carbons (Fsp3) is 0.259. The van der Waals surface area contributed by atoms with Crippen LogP contribution in [0.25, 0.3) is 10.4 Å². The molecule has 4 rings (SSSR count). The Balaban J connectivity index is 1.82. The highest BCUT2D eigenvalue weighted by atomic mass is 79.9. The molecule has 0 aliphatic carbocycles. The van der Waals surface area contributed by atoms with Crippen LogP contribution in [0.4, 0.5) is 5.69 Å². The van der Waals surface area contributed by atoms with E-state index in [1.165, 1.54) is 0 Å². The molecule has 0 spiro atoms. The summed E-state index contributed by atoms with van der Waals surface area (Å²) in [7, 11) is 1.60. The number of aliphatic hydroxyl groups is 1. The van der Waals surface area contributed by atoms with Crippen molar-refractivity contribution < 1.29 is 19.4 Å². The standard InChI is InChI=1S/C27H27BrN6O4/c1-30-33-26(36)27(17-19-7-2-5-10-23(19)32-34-29)24(21-8-3-4-9-22(21)28)38-25(31-27)18-11-13-20(14-12-18)37-16-6-15-35/h2-5,7-14,24,30,35H,6,15-17H2,1H3,(H,33,36)/t24-,27-/m0/s1. The molecule has 3 N–H and O–H groups in total. The normalized spacial score (nSPS) is 18.2. The molecule has 0 saturated carbocycles. The molecule has 1 aliphatic rings. The summed E-state index contributed by atoms with van der Waals surface area (Å²) in [6.07, 6.45) is -0.167. The molecule has 0 fully saturated rings. The van der Waals surface area contributed by atoms with Gasteiger partial charge in [0.2, 0.25) is 5.90 Å². The fourth-order valence-corrected chi connectivity index (χ4v) is 4.76. The third-order valence-electron chi connectivity index (χ3n) is 6.06. The predicted molar refractivity (Wildman–Crippen MR) is 147 cm³/mol. The zero-order valence-electron chi connectivity index (χ0n) is 20.7. The van der Waals surface area contributed by atoms with Crippen molar-refractivity contribution in [2.45, 2.75) is 24.5 Å². The van der Waals surface area contributed by atoms with Crippen LogP contribution in [0.5, 0.6) is 5.75 Å². The van der Waals surface area contributed by atoms with Crippen LogP contribution in [-0.2, 0) is 16.0 Å². The Hall–Kier alpha value is -3.89. The Morgan fingerprint density at radius 2 is 1.92 bits per heavy atom. The van der Waals surface area contributed by atoms with Gasteiger partial charge >= 0.3 is 0 Å². The molecule has 11 heteroatoms. The Bertz CT molecular complexity index is 1360. The largest absolute Gasteiger partial charge is 0.494 e. The van der Waals surface area contributed by atoms with Crippen molar-refractivity contribution in [3.05, 3.63) is 104 Å². The number of carbonyl (C=O) groups is 1. The Morgan fingerprint density at radius 3 is 2.63 bits per heavy atom. The van der Waals surface area contributed by atoms with Crippen molar-refractivity contribution in [1.82, 2.24) is 10.9 Å². The van der Waals surface area contributed by atoms with Crippen LogP contribution in [0.15, 0.2) is 87.4 Å². The molecule has 2 atom stereocenters. The number of azide groups is 1. The number of benzene rings is 3. The Labute approximate surface area is 228 Å². The van der Waals surface area contributed by atoms with Crippen LogP contribution >= 0.6 is 15.9 Å². The SMILES string of the molecule is CNNC(=O)[C@@]1(Cc2ccccc2N=[N+]=[N-])N=C(c2ccc(OCCCO)cc2)O[C@H]1c1ccccc1Br. The van der Waals surface area contributed by atoms with Gasteiger partial charge in [-0.05, 0) is 41.4 Å². The topological polar surface area (TPSA) is 141 Å². The van der Waals surface area contributed by atoms with E-state index in [0.717, 1.165) is 10.0 Å². The first-order chi connectivity index (χ1) is 18.5. The molecule has 1 amide bonds. The number of carbonyl (C=O) groups excluding carboxylic acids is 1. The summed E-state index contributed by atoms with van der Waals surface area (Å²) in [5, 5.41) is 12.8. The highest BCUT2D eigenvalue weighted by Crippen LogP contribution is 2.45. The van der Waals surface area contributed by atoms with E-state index in [1.54, 1.807) is 31.3 Å². The first-order valence-corrected chi connectivity index (χ1v) is 12.8. The quantitative estimate of drug-likeness (QED) is 0.0974. The van der Waals surface area contributed by atoms with E-state index < -0.39 is 17.6 Å². The van der Waals surface area contributed by atoms with Gasteiger partial charge in [-0.25, -0.2) is 10.4 Å². The number of hydrogen-bond acceptors (Lipinski definition) is 7. The first kappa shape index (κ1) is 27.2. The van der Waals surface area contributed by atoms with Crippen molar-refractivity contribution in [2.75, 3.05) is 20.3 Å². The first-order valence-electron chi connectivity index (χ1n) is 12.0. The summed E-state index contributed by atoms with van der Waals surface area (Å²) >= 11 is 3.61. The van der Waals surface area contributed by atoms with Gasteiger partial charge in [0, 0.05) is 52.7 Å². The summed E-state index contributed by atoms with van der Waals surface area (Å²) < 4.78 is 12.9. The number of amides is 1. The minimum atomic E-state index is -1.44.